The number of hydrogen-bond donors (Lipinski definition) is 5. The quantitative estimate of drug-likeness (QED) is 0.280. The van der Waals surface area contributed by atoms with E-state index in [1.807, 2.05) is 13.2 Å². The molecule has 0 aliphatic carbocycles. The normalized spacial score (nSPS) is 10.0. The second kappa shape index (κ2) is 12.4. The molecular formula is C22H29N7S. The number of aromatic nitrogens is 1. The Balaban J connectivity index is 0.00000101. The van der Waals surface area contributed by atoms with E-state index in [-0.39, 0.29) is 5.96 Å². The van der Waals surface area contributed by atoms with Gasteiger partial charge < -0.3 is 22.5 Å². The smallest absolute Gasteiger partial charge is 0.185 e. The van der Waals surface area contributed by atoms with Gasteiger partial charge in [0.2, 0.25) is 0 Å². The fraction of sp³-hybridized carbons (Fsp3) is 0.227. The highest BCUT2D eigenvalue weighted by molar-refractivity contribution is 7.18. The van der Waals surface area contributed by atoms with Crippen molar-refractivity contribution < 1.29 is 0 Å². The summed E-state index contributed by atoms with van der Waals surface area (Å²) < 4.78 is 0. The number of likely N-dealkylation sites (N-methyl/N-ethyl adjacent to an activating group) is 1. The Bertz CT molecular complexity index is 961. The Labute approximate surface area is 181 Å². The summed E-state index contributed by atoms with van der Waals surface area (Å²) in [5.41, 5.74) is 20.0. The minimum Gasteiger partial charge on any atom is -0.390 e. The maximum absolute atomic E-state index is 5.86. The van der Waals surface area contributed by atoms with Gasteiger partial charge in [-0.1, -0.05) is 42.5 Å². The molecule has 3 aromatic rings. The number of nitrogens with one attached hydrogen (secondary N) is 2. The largest absolute Gasteiger partial charge is 0.390 e. The van der Waals surface area contributed by atoms with Crippen LogP contribution in [0.1, 0.15) is 11.1 Å². The molecule has 8 heteroatoms. The molecule has 8 N–H and O–H groups in total. The van der Waals surface area contributed by atoms with Crippen molar-refractivity contribution in [2.45, 2.75) is 12.8 Å². The van der Waals surface area contributed by atoms with Gasteiger partial charge >= 0.3 is 0 Å². The van der Waals surface area contributed by atoms with E-state index in [1.165, 1.54) is 21.6 Å². The third-order valence-corrected chi connectivity index (χ3v) is 5.35. The van der Waals surface area contributed by atoms with Crippen molar-refractivity contribution in [2.24, 2.45) is 22.2 Å². The lowest BCUT2D eigenvalue weighted by molar-refractivity contribution is 0.792. The predicted octanol–water partition coefficient (Wildman–Crippen LogP) is 2.61. The highest BCUT2D eigenvalue weighted by Gasteiger charge is 2.08. The summed E-state index contributed by atoms with van der Waals surface area (Å²) in [5, 5.41) is 10.1. The number of thiazole rings is 1. The minimum atomic E-state index is 0.132. The maximum atomic E-state index is 5.86. The molecule has 7 nitrogen and oxygen atoms in total. The van der Waals surface area contributed by atoms with E-state index < -0.39 is 0 Å². The molecule has 0 fully saturated rings. The number of hydrogen-bond acceptors (Lipinski definition) is 5. The van der Waals surface area contributed by atoms with Crippen molar-refractivity contribution in [3.63, 3.8) is 0 Å². The molecule has 3 rings (SSSR count). The van der Waals surface area contributed by atoms with Gasteiger partial charge in [-0.25, -0.2) is 4.98 Å². The van der Waals surface area contributed by atoms with E-state index in [0.29, 0.717) is 6.54 Å². The zero-order valence-electron chi connectivity index (χ0n) is 17.1. The second-order valence-corrected chi connectivity index (χ2v) is 7.54. The van der Waals surface area contributed by atoms with Gasteiger partial charge in [-0.3, -0.25) is 10.4 Å². The van der Waals surface area contributed by atoms with Gasteiger partial charge in [0, 0.05) is 18.3 Å². The Morgan fingerprint density at radius 2 is 1.73 bits per heavy atom. The number of aliphatic imine (C=N–C) groups is 1. The fourth-order valence-corrected chi connectivity index (χ4v) is 3.77. The predicted molar refractivity (Wildman–Crippen MR) is 128 cm³/mol. The summed E-state index contributed by atoms with van der Waals surface area (Å²) in [7, 11) is 1.98. The summed E-state index contributed by atoms with van der Waals surface area (Å²) in [4.78, 5) is 9.88. The first kappa shape index (κ1) is 23.1. The summed E-state index contributed by atoms with van der Waals surface area (Å²) in [6.07, 6.45) is 4.54. The Morgan fingerprint density at radius 1 is 1.10 bits per heavy atom. The van der Waals surface area contributed by atoms with Crippen LogP contribution in [-0.4, -0.2) is 37.4 Å². The van der Waals surface area contributed by atoms with Crippen molar-refractivity contribution in [1.29, 1.82) is 5.41 Å². The lowest BCUT2D eigenvalue weighted by Gasteiger charge is -2.03. The first-order valence-electron chi connectivity index (χ1n) is 9.62. The Hall–Kier alpha value is -3.23. The zero-order valence-corrected chi connectivity index (χ0v) is 18.0. The molecule has 0 atom stereocenters. The molecular weight excluding hydrogens is 394 g/mol. The van der Waals surface area contributed by atoms with E-state index in [2.05, 4.69) is 69.6 Å². The van der Waals surface area contributed by atoms with Crippen LogP contribution in [0.4, 0.5) is 0 Å². The molecule has 30 heavy (non-hydrogen) atoms. The average Bonchev–Trinajstić information content (AvgIpc) is 3.23. The van der Waals surface area contributed by atoms with E-state index in [9.17, 15) is 0 Å². The molecule has 1 heterocycles. The molecule has 0 amide bonds. The van der Waals surface area contributed by atoms with Crippen molar-refractivity contribution >= 4 is 23.6 Å². The van der Waals surface area contributed by atoms with E-state index in [1.54, 1.807) is 11.3 Å². The van der Waals surface area contributed by atoms with Gasteiger partial charge in [-0.15, -0.1) is 11.3 Å². The van der Waals surface area contributed by atoms with Crippen LogP contribution in [-0.2, 0) is 12.8 Å². The highest BCUT2D eigenvalue weighted by Crippen LogP contribution is 2.32. The summed E-state index contributed by atoms with van der Waals surface area (Å²) >= 11 is 1.71. The molecule has 0 saturated carbocycles. The Morgan fingerprint density at radius 3 is 2.40 bits per heavy atom. The van der Waals surface area contributed by atoms with Crippen LogP contribution in [0.2, 0.25) is 0 Å². The average molecular weight is 424 g/mol. The van der Waals surface area contributed by atoms with Gasteiger partial charge in [0.25, 0.3) is 0 Å². The molecule has 0 aliphatic heterocycles. The first-order valence-corrected chi connectivity index (χ1v) is 10.4. The highest BCUT2D eigenvalue weighted by atomic mass is 32.1. The van der Waals surface area contributed by atoms with Gasteiger partial charge in [0.05, 0.1) is 11.2 Å². The van der Waals surface area contributed by atoms with E-state index in [0.717, 1.165) is 36.3 Å². The number of nitrogens with two attached hydrogens (primary N) is 3. The molecule has 0 saturated heterocycles. The number of guanidine groups is 1. The summed E-state index contributed by atoms with van der Waals surface area (Å²) in [6.45, 7) is 1.57. The van der Waals surface area contributed by atoms with Crippen LogP contribution < -0.4 is 22.5 Å². The minimum absolute atomic E-state index is 0.132. The van der Waals surface area contributed by atoms with E-state index in [4.69, 9.17) is 16.9 Å². The van der Waals surface area contributed by atoms with Crippen molar-refractivity contribution in [3.8, 4) is 21.0 Å². The van der Waals surface area contributed by atoms with Crippen LogP contribution in [0, 0.1) is 5.41 Å². The second-order valence-electron chi connectivity index (χ2n) is 6.51. The van der Waals surface area contributed by atoms with Crippen LogP contribution in [0.15, 0.2) is 59.7 Å². The number of nitrogens with zero attached hydrogens (tertiary/aromatic N) is 2. The standard InChI is InChI=1S/C21H25N5S.CH4N2/c1-24-10-8-15-4-2-6-17(12-15)19-14-26-20(27-19)18-7-3-5-16(13-18)9-11-25-21(22)23;2-1-3/h2-7,12-14,24H,8-11H2,1H3,(H4,22,23,25);1H,(H3,2,3). The molecule has 0 spiro atoms. The van der Waals surface area contributed by atoms with Crippen molar-refractivity contribution in [3.05, 3.63) is 65.9 Å². The molecule has 0 radical (unpaired) electrons. The third kappa shape index (κ3) is 7.31. The summed E-state index contributed by atoms with van der Waals surface area (Å²) in [5.74, 6) is 0.132. The lowest BCUT2D eigenvalue weighted by Crippen LogP contribution is -2.23. The van der Waals surface area contributed by atoms with E-state index >= 15 is 0 Å². The summed E-state index contributed by atoms with van der Waals surface area (Å²) in [6, 6.07) is 17.1. The molecule has 158 valence electrons. The maximum Gasteiger partial charge on any atom is 0.185 e. The van der Waals surface area contributed by atoms with Crippen LogP contribution in [0.25, 0.3) is 21.0 Å². The fourth-order valence-electron chi connectivity index (χ4n) is 2.86. The van der Waals surface area contributed by atoms with Crippen LogP contribution in [0.3, 0.4) is 0 Å². The monoisotopic (exact) mass is 423 g/mol. The van der Waals surface area contributed by atoms with Gasteiger partial charge in [0.1, 0.15) is 5.01 Å². The van der Waals surface area contributed by atoms with Gasteiger partial charge in [0.15, 0.2) is 5.96 Å². The number of benzene rings is 2. The van der Waals surface area contributed by atoms with Crippen molar-refractivity contribution in [1.82, 2.24) is 10.3 Å². The third-order valence-electron chi connectivity index (χ3n) is 4.25. The molecule has 0 unspecified atom stereocenters. The zero-order chi connectivity index (χ0) is 21.8. The SMILES string of the molecule is CNCCc1cccc(-c2cnc(-c3cccc(CCN=C(N)N)c3)s2)c1.N=CN. The van der Waals surface area contributed by atoms with Crippen LogP contribution in [0.5, 0.6) is 0 Å². The van der Waals surface area contributed by atoms with Crippen LogP contribution >= 0.6 is 11.3 Å². The molecule has 1 aromatic heterocycles. The topological polar surface area (TPSA) is 139 Å². The van der Waals surface area contributed by atoms with Gasteiger partial charge in [-0.2, -0.15) is 0 Å². The molecule has 0 aliphatic rings. The first-order chi connectivity index (χ1) is 14.6. The Kier molecular flexibility index (Phi) is 9.50. The lowest BCUT2D eigenvalue weighted by atomic mass is 10.1. The molecule has 0 bridgehead atoms. The van der Waals surface area contributed by atoms with Crippen molar-refractivity contribution in [2.75, 3.05) is 20.1 Å². The van der Waals surface area contributed by atoms with Gasteiger partial charge in [-0.05, 0) is 49.2 Å². The number of rotatable bonds is 8. The molecule has 2 aromatic carbocycles.